The lowest BCUT2D eigenvalue weighted by molar-refractivity contribution is 0.266. The molecule has 0 radical (unpaired) electrons. The molecule has 4 rings (SSSR count). The average molecular weight is 415 g/mol. The van der Waals surface area contributed by atoms with Gasteiger partial charge in [-0.15, -0.1) is 0 Å². The summed E-state index contributed by atoms with van der Waals surface area (Å²) in [6.45, 7) is 5.95. The molecule has 3 aromatic rings. The Morgan fingerprint density at radius 3 is 2.28 bits per heavy atom. The van der Waals surface area contributed by atoms with Gasteiger partial charge in [-0.3, -0.25) is 0 Å². The zero-order valence-corrected chi connectivity index (χ0v) is 16.9. The van der Waals surface area contributed by atoms with Crippen LogP contribution in [0.3, 0.4) is 0 Å². The summed E-state index contributed by atoms with van der Waals surface area (Å²) in [5.41, 5.74) is 0.696. The predicted octanol–water partition coefficient (Wildman–Crippen LogP) is 3.46. The van der Waals surface area contributed by atoms with Crippen LogP contribution in [0.15, 0.2) is 68.9 Å². The number of benzene rings is 2. The van der Waals surface area contributed by atoms with Crippen LogP contribution in [0.2, 0.25) is 0 Å². The molecule has 6 nitrogen and oxygen atoms in total. The topological polar surface area (TPSA) is 66.7 Å². The molecular formula is C21H22FN3O3S. The second kappa shape index (κ2) is 7.96. The number of sulfone groups is 1. The standard InChI is InChI=1S/C21H22FN3O3S/c1-2-24-12-14-25(15-13-24)21-20(23-19(28-21)16-6-4-3-5-7-16)29(26,27)18-10-8-17(22)9-11-18/h3-11H,2,12-15H2,1H3. The quantitative estimate of drug-likeness (QED) is 0.595. The molecule has 1 fully saturated rings. The first kappa shape index (κ1) is 19.6. The molecule has 0 bridgehead atoms. The van der Waals surface area contributed by atoms with Gasteiger partial charge < -0.3 is 14.2 Å². The highest BCUT2D eigenvalue weighted by atomic mass is 32.2. The number of nitrogens with zero attached hydrogens (tertiary/aromatic N) is 3. The van der Waals surface area contributed by atoms with E-state index in [1.54, 1.807) is 0 Å². The van der Waals surface area contributed by atoms with Crippen molar-refractivity contribution in [1.82, 2.24) is 9.88 Å². The number of hydrogen-bond donors (Lipinski definition) is 0. The van der Waals surface area contributed by atoms with Crippen LogP contribution in [-0.4, -0.2) is 51.0 Å². The van der Waals surface area contributed by atoms with Gasteiger partial charge in [-0.25, -0.2) is 12.8 Å². The minimum absolute atomic E-state index is 0.0137. The van der Waals surface area contributed by atoms with E-state index < -0.39 is 15.7 Å². The Bertz CT molecular complexity index is 1070. The van der Waals surface area contributed by atoms with Crippen LogP contribution in [0, 0.1) is 5.82 Å². The molecule has 1 saturated heterocycles. The van der Waals surface area contributed by atoms with Crippen molar-refractivity contribution in [2.24, 2.45) is 0 Å². The summed E-state index contributed by atoms with van der Waals surface area (Å²) in [4.78, 5) is 8.56. The van der Waals surface area contributed by atoms with E-state index in [4.69, 9.17) is 4.42 Å². The molecule has 1 aliphatic rings. The predicted molar refractivity (Wildman–Crippen MR) is 108 cm³/mol. The van der Waals surface area contributed by atoms with Gasteiger partial charge in [0.05, 0.1) is 4.90 Å². The second-order valence-electron chi connectivity index (χ2n) is 6.87. The van der Waals surface area contributed by atoms with Crippen LogP contribution in [-0.2, 0) is 9.84 Å². The van der Waals surface area contributed by atoms with Gasteiger partial charge in [0.15, 0.2) is 0 Å². The average Bonchev–Trinajstić information content (AvgIpc) is 3.21. The molecule has 1 aliphatic heterocycles. The summed E-state index contributed by atoms with van der Waals surface area (Å²) in [7, 11) is -3.97. The fourth-order valence-corrected chi connectivity index (χ4v) is 4.69. The van der Waals surface area contributed by atoms with E-state index in [1.807, 2.05) is 35.2 Å². The molecule has 0 saturated carbocycles. The number of halogens is 1. The minimum atomic E-state index is -3.97. The highest BCUT2D eigenvalue weighted by Gasteiger charge is 2.32. The van der Waals surface area contributed by atoms with Gasteiger partial charge in [-0.1, -0.05) is 25.1 Å². The minimum Gasteiger partial charge on any atom is -0.419 e. The summed E-state index contributed by atoms with van der Waals surface area (Å²) < 4.78 is 45.9. The molecular weight excluding hydrogens is 393 g/mol. The molecule has 0 amide bonds. The van der Waals surface area contributed by atoms with Crippen molar-refractivity contribution in [2.75, 3.05) is 37.6 Å². The van der Waals surface area contributed by atoms with Crippen LogP contribution >= 0.6 is 0 Å². The van der Waals surface area contributed by atoms with Gasteiger partial charge in [0.1, 0.15) is 5.82 Å². The van der Waals surface area contributed by atoms with Crippen molar-refractivity contribution in [3.8, 4) is 11.5 Å². The largest absolute Gasteiger partial charge is 0.419 e. The Balaban J connectivity index is 1.79. The molecule has 8 heteroatoms. The Kier molecular flexibility index (Phi) is 5.38. The number of piperazine rings is 1. The van der Waals surface area contributed by atoms with E-state index in [1.165, 1.54) is 12.1 Å². The number of anilines is 1. The number of rotatable bonds is 5. The molecule has 29 heavy (non-hydrogen) atoms. The number of aromatic nitrogens is 1. The van der Waals surface area contributed by atoms with E-state index in [2.05, 4.69) is 16.8 Å². The van der Waals surface area contributed by atoms with Crippen molar-refractivity contribution >= 4 is 15.7 Å². The fraction of sp³-hybridized carbons (Fsp3) is 0.286. The highest BCUT2D eigenvalue weighted by molar-refractivity contribution is 7.91. The third-order valence-corrected chi connectivity index (χ3v) is 6.75. The van der Waals surface area contributed by atoms with Crippen LogP contribution in [0.1, 0.15) is 6.92 Å². The summed E-state index contributed by atoms with van der Waals surface area (Å²) in [6.07, 6.45) is 0. The van der Waals surface area contributed by atoms with Crippen LogP contribution in [0.5, 0.6) is 0 Å². The van der Waals surface area contributed by atoms with E-state index in [0.29, 0.717) is 18.7 Å². The lowest BCUT2D eigenvalue weighted by Gasteiger charge is -2.33. The Morgan fingerprint density at radius 1 is 1.00 bits per heavy atom. The summed E-state index contributed by atoms with van der Waals surface area (Å²) >= 11 is 0. The van der Waals surface area contributed by atoms with Crippen molar-refractivity contribution in [3.63, 3.8) is 0 Å². The normalized spacial score (nSPS) is 15.6. The van der Waals surface area contributed by atoms with Gasteiger partial charge in [0.2, 0.25) is 26.6 Å². The first-order valence-electron chi connectivity index (χ1n) is 9.53. The van der Waals surface area contributed by atoms with Gasteiger partial charge >= 0.3 is 0 Å². The lowest BCUT2D eigenvalue weighted by atomic mass is 10.2. The van der Waals surface area contributed by atoms with E-state index in [0.717, 1.165) is 31.8 Å². The maximum Gasteiger partial charge on any atom is 0.236 e. The van der Waals surface area contributed by atoms with Crippen molar-refractivity contribution in [1.29, 1.82) is 0 Å². The van der Waals surface area contributed by atoms with Gasteiger partial charge in [0, 0.05) is 31.7 Å². The van der Waals surface area contributed by atoms with E-state index in [-0.39, 0.29) is 21.7 Å². The number of oxazole rings is 1. The maximum atomic E-state index is 13.3. The fourth-order valence-electron chi connectivity index (χ4n) is 3.37. The zero-order chi connectivity index (χ0) is 20.4. The third-order valence-electron chi connectivity index (χ3n) is 5.09. The Morgan fingerprint density at radius 2 is 1.66 bits per heavy atom. The molecule has 1 aromatic heterocycles. The first-order valence-corrected chi connectivity index (χ1v) is 11.0. The van der Waals surface area contributed by atoms with E-state index in [9.17, 15) is 12.8 Å². The van der Waals surface area contributed by atoms with E-state index >= 15 is 0 Å². The highest BCUT2D eigenvalue weighted by Crippen LogP contribution is 2.35. The Labute approximate surface area is 169 Å². The summed E-state index contributed by atoms with van der Waals surface area (Å²) in [5, 5.41) is -0.132. The first-order chi connectivity index (χ1) is 14.0. The molecule has 2 aromatic carbocycles. The third kappa shape index (κ3) is 3.90. The lowest BCUT2D eigenvalue weighted by Crippen LogP contribution is -2.46. The van der Waals surface area contributed by atoms with Crippen molar-refractivity contribution in [3.05, 3.63) is 60.4 Å². The van der Waals surface area contributed by atoms with Crippen LogP contribution in [0.4, 0.5) is 10.3 Å². The molecule has 0 atom stereocenters. The molecule has 152 valence electrons. The smallest absolute Gasteiger partial charge is 0.236 e. The maximum absolute atomic E-state index is 13.3. The molecule has 0 unspecified atom stereocenters. The molecule has 0 aliphatic carbocycles. The number of hydrogen-bond acceptors (Lipinski definition) is 6. The number of likely N-dealkylation sites (N-methyl/N-ethyl adjacent to an activating group) is 1. The van der Waals surface area contributed by atoms with Gasteiger partial charge in [-0.05, 0) is 42.9 Å². The molecule has 2 heterocycles. The van der Waals surface area contributed by atoms with Gasteiger partial charge in [-0.2, -0.15) is 4.98 Å². The van der Waals surface area contributed by atoms with Crippen LogP contribution < -0.4 is 4.90 Å². The van der Waals surface area contributed by atoms with Crippen molar-refractivity contribution in [2.45, 2.75) is 16.8 Å². The SMILES string of the molecule is CCN1CCN(c2oc(-c3ccccc3)nc2S(=O)(=O)c2ccc(F)cc2)CC1. The summed E-state index contributed by atoms with van der Waals surface area (Å²) in [5.74, 6) is -0.00636. The van der Waals surface area contributed by atoms with Crippen LogP contribution in [0.25, 0.3) is 11.5 Å². The molecule has 0 spiro atoms. The van der Waals surface area contributed by atoms with Crippen molar-refractivity contribution < 1.29 is 17.2 Å². The molecule has 0 N–H and O–H groups in total. The Hall–Kier alpha value is -2.71. The summed E-state index contributed by atoms with van der Waals surface area (Å²) in [6, 6.07) is 13.9. The second-order valence-corrected chi connectivity index (χ2v) is 8.74. The van der Waals surface area contributed by atoms with Gasteiger partial charge in [0.25, 0.3) is 0 Å². The monoisotopic (exact) mass is 415 g/mol. The zero-order valence-electron chi connectivity index (χ0n) is 16.1.